The van der Waals surface area contributed by atoms with Crippen LogP contribution in [-0.4, -0.2) is 18.0 Å². The lowest BCUT2D eigenvalue weighted by Gasteiger charge is -2.20. The number of rotatable bonds is 2. The molecule has 80 valence electrons. The molecule has 2 rings (SSSR count). The molecular weight excluding hydrogens is 196 g/mol. The van der Waals surface area contributed by atoms with E-state index in [1.165, 1.54) is 6.07 Å². The minimum Gasteiger partial charge on any atom is -0.371 e. The minimum atomic E-state index is -0.424. The van der Waals surface area contributed by atoms with Crippen LogP contribution in [-0.2, 0) is 0 Å². The van der Waals surface area contributed by atoms with Crippen LogP contribution in [0.3, 0.4) is 0 Å². The predicted octanol–water partition coefficient (Wildman–Crippen LogP) is 3.03. The second kappa shape index (κ2) is 4.01. The van der Waals surface area contributed by atoms with Crippen molar-refractivity contribution in [1.29, 1.82) is 0 Å². The third-order valence-corrected chi connectivity index (χ3v) is 2.73. The summed E-state index contributed by atoms with van der Waals surface area (Å²) in [5, 5.41) is 0. The van der Waals surface area contributed by atoms with Gasteiger partial charge < -0.3 is 4.90 Å². The number of hydrogen-bond donors (Lipinski definition) is 0. The Bertz CT molecular complexity index is 381. The maximum absolute atomic E-state index is 13.4. The molecule has 0 atom stereocenters. The van der Waals surface area contributed by atoms with Crippen LogP contribution in [0.15, 0.2) is 24.8 Å². The number of halogens is 2. The van der Waals surface area contributed by atoms with E-state index in [4.69, 9.17) is 0 Å². The quantitative estimate of drug-likeness (QED) is 0.723. The Balaban J connectivity index is 2.27. The number of benzene rings is 1. The molecular formula is C12H13F2N. The van der Waals surface area contributed by atoms with Crippen molar-refractivity contribution >= 4 is 5.70 Å². The molecule has 0 saturated carbocycles. The molecule has 0 bridgehead atoms. The largest absolute Gasteiger partial charge is 0.371 e. The Labute approximate surface area is 88.0 Å². The maximum atomic E-state index is 13.4. The average molecular weight is 209 g/mol. The van der Waals surface area contributed by atoms with Gasteiger partial charge >= 0.3 is 0 Å². The summed E-state index contributed by atoms with van der Waals surface area (Å²) in [4.78, 5) is 2.00. The Morgan fingerprint density at radius 2 is 1.87 bits per heavy atom. The highest BCUT2D eigenvalue weighted by molar-refractivity contribution is 5.62. The first-order valence-corrected chi connectivity index (χ1v) is 5.08. The molecule has 1 fully saturated rings. The van der Waals surface area contributed by atoms with E-state index < -0.39 is 11.6 Å². The minimum absolute atomic E-state index is 0.275. The molecule has 0 spiro atoms. The number of likely N-dealkylation sites (tertiary alicyclic amines) is 1. The Morgan fingerprint density at radius 3 is 2.53 bits per heavy atom. The first-order chi connectivity index (χ1) is 7.18. The van der Waals surface area contributed by atoms with Gasteiger partial charge in [0.1, 0.15) is 11.6 Å². The molecule has 3 heteroatoms. The van der Waals surface area contributed by atoms with Gasteiger partial charge in [-0.1, -0.05) is 6.58 Å². The van der Waals surface area contributed by atoms with Gasteiger partial charge in [-0.2, -0.15) is 0 Å². The van der Waals surface area contributed by atoms with Gasteiger partial charge in [-0.25, -0.2) is 8.78 Å². The van der Waals surface area contributed by atoms with Gasteiger partial charge in [0.05, 0.1) is 0 Å². The predicted molar refractivity (Wildman–Crippen MR) is 56.2 cm³/mol. The topological polar surface area (TPSA) is 3.24 Å². The Kier molecular flexibility index (Phi) is 2.71. The highest BCUT2D eigenvalue weighted by Gasteiger charge is 2.17. The summed E-state index contributed by atoms with van der Waals surface area (Å²) in [6, 6.07) is 3.47. The van der Waals surface area contributed by atoms with Crippen molar-refractivity contribution in [3.8, 4) is 0 Å². The van der Waals surface area contributed by atoms with E-state index in [1.807, 2.05) is 4.90 Å². The third kappa shape index (κ3) is 2.01. The molecule has 1 saturated heterocycles. The molecule has 15 heavy (non-hydrogen) atoms. The summed E-state index contributed by atoms with van der Waals surface area (Å²) in [7, 11) is 0. The van der Waals surface area contributed by atoms with E-state index in [0.717, 1.165) is 38.1 Å². The van der Waals surface area contributed by atoms with Gasteiger partial charge in [-0.3, -0.25) is 0 Å². The highest BCUT2D eigenvalue weighted by atomic mass is 19.1. The standard InChI is InChI=1S/C12H13F2N/c1-9(15-6-2-3-7-15)11-8-10(13)4-5-12(11)14/h4-5,8H,1-3,6-7H2. The first kappa shape index (κ1) is 10.1. The zero-order chi connectivity index (χ0) is 10.8. The molecule has 1 aromatic rings. The molecule has 0 aliphatic carbocycles. The molecule has 1 nitrogen and oxygen atoms in total. The molecule has 0 amide bonds. The van der Waals surface area contributed by atoms with Gasteiger partial charge in [-0.15, -0.1) is 0 Å². The van der Waals surface area contributed by atoms with Crippen molar-refractivity contribution < 1.29 is 8.78 Å². The van der Waals surface area contributed by atoms with Crippen molar-refractivity contribution in [2.75, 3.05) is 13.1 Å². The smallest absolute Gasteiger partial charge is 0.132 e. The van der Waals surface area contributed by atoms with Gasteiger partial charge in [0.15, 0.2) is 0 Å². The number of hydrogen-bond acceptors (Lipinski definition) is 1. The second-order valence-electron chi connectivity index (χ2n) is 3.77. The van der Waals surface area contributed by atoms with Crippen LogP contribution in [0.4, 0.5) is 8.78 Å². The average Bonchev–Trinajstić information content (AvgIpc) is 2.74. The number of nitrogens with zero attached hydrogens (tertiary/aromatic N) is 1. The molecule has 0 N–H and O–H groups in total. The van der Waals surface area contributed by atoms with Gasteiger partial charge in [0.2, 0.25) is 0 Å². The van der Waals surface area contributed by atoms with Crippen molar-refractivity contribution in [2.24, 2.45) is 0 Å². The monoisotopic (exact) mass is 209 g/mol. The lowest BCUT2D eigenvalue weighted by Crippen LogP contribution is -2.17. The lowest BCUT2D eigenvalue weighted by molar-refractivity contribution is 0.487. The van der Waals surface area contributed by atoms with Crippen LogP contribution in [0.25, 0.3) is 5.70 Å². The zero-order valence-corrected chi connectivity index (χ0v) is 8.47. The fourth-order valence-corrected chi connectivity index (χ4v) is 1.88. The lowest BCUT2D eigenvalue weighted by atomic mass is 10.1. The second-order valence-corrected chi connectivity index (χ2v) is 3.77. The van der Waals surface area contributed by atoms with Gasteiger partial charge in [0.25, 0.3) is 0 Å². The molecule has 0 aromatic heterocycles. The fraction of sp³-hybridized carbons (Fsp3) is 0.333. The molecule has 0 unspecified atom stereocenters. The van der Waals surface area contributed by atoms with Crippen molar-refractivity contribution in [2.45, 2.75) is 12.8 Å². The Morgan fingerprint density at radius 1 is 1.20 bits per heavy atom. The van der Waals surface area contributed by atoms with Crippen LogP contribution < -0.4 is 0 Å². The molecule has 1 aliphatic heterocycles. The summed E-state index contributed by atoms with van der Waals surface area (Å²) in [6.07, 6.45) is 2.19. The van der Waals surface area contributed by atoms with E-state index in [-0.39, 0.29) is 5.56 Å². The first-order valence-electron chi connectivity index (χ1n) is 5.08. The fourth-order valence-electron chi connectivity index (χ4n) is 1.88. The van der Waals surface area contributed by atoms with Crippen LogP contribution in [0, 0.1) is 11.6 Å². The van der Waals surface area contributed by atoms with Crippen LogP contribution in [0.1, 0.15) is 18.4 Å². The van der Waals surface area contributed by atoms with Gasteiger partial charge in [-0.05, 0) is 31.0 Å². The highest BCUT2D eigenvalue weighted by Crippen LogP contribution is 2.24. The van der Waals surface area contributed by atoms with Crippen LogP contribution >= 0.6 is 0 Å². The third-order valence-electron chi connectivity index (χ3n) is 2.73. The summed E-state index contributed by atoms with van der Waals surface area (Å²) in [5.41, 5.74) is 0.862. The van der Waals surface area contributed by atoms with E-state index in [0.29, 0.717) is 5.70 Å². The van der Waals surface area contributed by atoms with Crippen molar-refractivity contribution in [1.82, 2.24) is 4.90 Å². The molecule has 0 radical (unpaired) electrons. The van der Waals surface area contributed by atoms with Crippen LogP contribution in [0.2, 0.25) is 0 Å². The van der Waals surface area contributed by atoms with Crippen LogP contribution in [0.5, 0.6) is 0 Å². The maximum Gasteiger partial charge on any atom is 0.132 e. The SMILES string of the molecule is C=C(c1cc(F)ccc1F)N1CCCC1. The van der Waals surface area contributed by atoms with E-state index in [9.17, 15) is 8.78 Å². The van der Waals surface area contributed by atoms with Crippen molar-refractivity contribution in [3.63, 3.8) is 0 Å². The van der Waals surface area contributed by atoms with E-state index >= 15 is 0 Å². The summed E-state index contributed by atoms with van der Waals surface area (Å²) in [6.45, 7) is 5.60. The molecule has 1 aliphatic rings. The summed E-state index contributed by atoms with van der Waals surface area (Å²) in [5.74, 6) is -0.833. The summed E-state index contributed by atoms with van der Waals surface area (Å²) < 4.78 is 26.4. The van der Waals surface area contributed by atoms with E-state index in [1.54, 1.807) is 0 Å². The van der Waals surface area contributed by atoms with Crippen molar-refractivity contribution in [3.05, 3.63) is 42.0 Å². The van der Waals surface area contributed by atoms with Gasteiger partial charge in [0, 0.05) is 24.4 Å². The normalized spacial score (nSPS) is 15.7. The molecule has 1 heterocycles. The summed E-state index contributed by atoms with van der Waals surface area (Å²) >= 11 is 0. The Hall–Kier alpha value is -1.38. The zero-order valence-electron chi connectivity index (χ0n) is 8.47. The van der Waals surface area contributed by atoms with E-state index in [2.05, 4.69) is 6.58 Å². The molecule has 1 aromatic carbocycles.